The van der Waals surface area contributed by atoms with E-state index >= 15 is 0 Å². The maximum atomic E-state index is 12.8. The molecule has 2 fully saturated rings. The molecule has 0 radical (unpaired) electrons. The zero-order chi connectivity index (χ0) is 18.4. The predicted octanol–water partition coefficient (Wildman–Crippen LogP) is 0.0986. The normalized spacial score (nSPS) is 27.5. The molecule has 8 nitrogen and oxygen atoms in total. The Morgan fingerprint density at radius 2 is 2.16 bits per heavy atom. The number of ether oxygens (including phenoxy) is 1. The molecule has 0 saturated carbocycles. The van der Waals surface area contributed by atoms with Crippen molar-refractivity contribution in [1.82, 2.24) is 19.0 Å². The number of methoxy groups -OCH3 is 1. The van der Waals surface area contributed by atoms with Crippen LogP contribution in [0.4, 0.5) is 0 Å². The first-order chi connectivity index (χ1) is 11.7. The number of hydrogen-bond donors (Lipinski definition) is 0. The third-order valence-electron chi connectivity index (χ3n) is 5.62. The first-order valence-electron chi connectivity index (χ1n) is 8.40. The van der Waals surface area contributed by atoms with Gasteiger partial charge in [0.1, 0.15) is 0 Å². The first-order valence-corrected chi connectivity index (χ1v) is 10.2. The Morgan fingerprint density at radius 3 is 2.72 bits per heavy atom. The number of fused-ring (bicyclic) bond motifs is 1. The van der Waals surface area contributed by atoms with Crippen molar-refractivity contribution in [3.05, 3.63) is 17.5 Å². The molecule has 3 heterocycles. The van der Waals surface area contributed by atoms with Crippen LogP contribution >= 0.6 is 0 Å². The van der Waals surface area contributed by atoms with E-state index in [4.69, 9.17) is 4.74 Å². The third-order valence-corrected chi connectivity index (χ3v) is 6.84. The van der Waals surface area contributed by atoms with Crippen LogP contribution in [0.3, 0.4) is 0 Å². The molecular weight excluding hydrogens is 344 g/mol. The topological polar surface area (TPSA) is 84.7 Å². The monoisotopic (exact) mass is 370 g/mol. The summed E-state index contributed by atoms with van der Waals surface area (Å²) in [5, 5.41) is 4.27. The minimum atomic E-state index is -3.25. The minimum Gasteiger partial charge on any atom is -0.384 e. The van der Waals surface area contributed by atoms with Gasteiger partial charge in [-0.3, -0.25) is 9.48 Å². The second-order valence-corrected chi connectivity index (χ2v) is 9.33. The Balaban J connectivity index is 1.80. The molecule has 2 unspecified atom stereocenters. The zero-order valence-electron chi connectivity index (χ0n) is 15.2. The molecule has 0 aromatic carbocycles. The number of amides is 1. The molecule has 1 amide bonds. The molecule has 0 N–H and O–H groups in total. The van der Waals surface area contributed by atoms with E-state index < -0.39 is 10.0 Å². The average molecular weight is 370 g/mol. The highest BCUT2D eigenvalue weighted by Crippen LogP contribution is 2.44. The maximum absolute atomic E-state index is 12.8. The summed E-state index contributed by atoms with van der Waals surface area (Å²) >= 11 is 0. The van der Waals surface area contributed by atoms with Gasteiger partial charge < -0.3 is 9.64 Å². The molecule has 140 valence electrons. The first kappa shape index (κ1) is 18.3. The molecule has 1 aromatic rings. The number of nitrogens with zero attached hydrogens (tertiary/aromatic N) is 4. The summed E-state index contributed by atoms with van der Waals surface area (Å²) in [6, 6.07) is 1.79. The fraction of sp³-hybridized carbons (Fsp3) is 0.750. The number of aryl methyl sites for hydroxylation is 2. The SMILES string of the molecule is COCC12CCN(C(=O)c3cc(C)n(C)n3)CC1CN(S(C)(=O)=O)C2. The van der Waals surface area contributed by atoms with E-state index in [9.17, 15) is 13.2 Å². The van der Waals surface area contributed by atoms with E-state index in [1.165, 1.54) is 10.6 Å². The van der Waals surface area contributed by atoms with Crippen LogP contribution in [-0.4, -0.2) is 79.5 Å². The van der Waals surface area contributed by atoms with Gasteiger partial charge in [0.15, 0.2) is 5.69 Å². The van der Waals surface area contributed by atoms with Crippen molar-refractivity contribution >= 4 is 15.9 Å². The van der Waals surface area contributed by atoms with Crippen molar-refractivity contribution in [3.63, 3.8) is 0 Å². The lowest BCUT2D eigenvalue weighted by Crippen LogP contribution is -2.51. The van der Waals surface area contributed by atoms with Gasteiger partial charge in [-0.2, -0.15) is 5.10 Å². The standard InChI is InChI=1S/C16H26N4O4S/c1-12-7-14(17-18(12)2)15(21)19-6-5-16(11-24-3)10-20(25(4,22)23)9-13(16)8-19/h7,13H,5-6,8-11H2,1-4H3. The summed E-state index contributed by atoms with van der Waals surface area (Å²) in [6.45, 7) is 4.44. The Labute approximate surface area is 148 Å². The number of likely N-dealkylation sites (tertiary alicyclic amines) is 1. The molecular formula is C16H26N4O4S. The largest absolute Gasteiger partial charge is 0.384 e. The Morgan fingerprint density at radius 1 is 1.44 bits per heavy atom. The van der Waals surface area contributed by atoms with Crippen molar-refractivity contribution in [3.8, 4) is 0 Å². The number of sulfonamides is 1. The Bertz CT molecular complexity index is 756. The van der Waals surface area contributed by atoms with Gasteiger partial charge in [-0.1, -0.05) is 0 Å². The number of piperidine rings is 1. The number of carbonyl (C=O) groups excluding carboxylic acids is 1. The number of carbonyl (C=O) groups is 1. The van der Waals surface area contributed by atoms with E-state index in [0.29, 0.717) is 38.5 Å². The summed E-state index contributed by atoms with van der Waals surface area (Å²) < 4.78 is 32.6. The van der Waals surface area contributed by atoms with E-state index in [0.717, 1.165) is 12.1 Å². The highest BCUT2D eigenvalue weighted by molar-refractivity contribution is 7.88. The third kappa shape index (κ3) is 3.32. The quantitative estimate of drug-likeness (QED) is 0.750. The molecule has 25 heavy (non-hydrogen) atoms. The lowest BCUT2D eigenvalue weighted by Gasteiger charge is -2.42. The van der Waals surface area contributed by atoms with Crippen LogP contribution in [0.2, 0.25) is 0 Å². The molecule has 9 heteroatoms. The Kier molecular flexibility index (Phi) is 4.67. The Hall–Kier alpha value is -1.45. The van der Waals surface area contributed by atoms with Crippen LogP contribution in [0, 0.1) is 18.3 Å². The zero-order valence-corrected chi connectivity index (χ0v) is 16.0. The van der Waals surface area contributed by atoms with Gasteiger partial charge in [0.25, 0.3) is 5.91 Å². The minimum absolute atomic E-state index is 0.0738. The smallest absolute Gasteiger partial charge is 0.274 e. The van der Waals surface area contributed by atoms with Gasteiger partial charge in [-0.25, -0.2) is 12.7 Å². The molecule has 2 saturated heterocycles. The van der Waals surface area contributed by atoms with Crippen molar-refractivity contribution < 1.29 is 17.9 Å². The van der Waals surface area contributed by atoms with Crippen LogP contribution in [0.15, 0.2) is 6.07 Å². The van der Waals surface area contributed by atoms with Crippen LogP contribution in [0.25, 0.3) is 0 Å². The summed E-state index contributed by atoms with van der Waals surface area (Å²) in [5.74, 6) is -0.0165. The van der Waals surface area contributed by atoms with Gasteiger partial charge in [-0.05, 0) is 25.3 Å². The van der Waals surface area contributed by atoms with Crippen LogP contribution in [0.1, 0.15) is 22.6 Å². The van der Waals surface area contributed by atoms with Gasteiger partial charge >= 0.3 is 0 Å². The lowest BCUT2D eigenvalue weighted by atomic mass is 9.73. The molecule has 2 aliphatic heterocycles. The average Bonchev–Trinajstić information content (AvgIpc) is 3.07. The summed E-state index contributed by atoms with van der Waals surface area (Å²) in [7, 11) is 0.204. The summed E-state index contributed by atoms with van der Waals surface area (Å²) in [6.07, 6.45) is 1.97. The lowest BCUT2D eigenvalue weighted by molar-refractivity contribution is 0.00320. The molecule has 0 aliphatic carbocycles. The molecule has 1 aromatic heterocycles. The van der Waals surface area contributed by atoms with Gasteiger partial charge in [0, 0.05) is 51.4 Å². The van der Waals surface area contributed by atoms with Crippen LogP contribution in [-0.2, 0) is 21.8 Å². The van der Waals surface area contributed by atoms with Crippen LogP contribution in [0.5, 0.6) is 0 Å². The molecule has 0 bridgehead atoms. The molecule has 3 rings (SSSR count). The highest BCUT2D eigenvalue weighted by Gasteiger charge is 2.52. The number of hydrogen-bond acceptors (Lipinski definition) is 5. The van der Waals surface area contributed by atoms with Gasteiger partial charge in [0.05, 0.1) is 12.9 Å². The van der Waals surface area contributed by atoms with Gasteiger partial charge in [0.2, 0.25) is 10.0 Å². The fourth-order valence-corrected chi connectivity index (χ4v) is 4.96. The highest BCUT2D eigenvalue weighted by atomic mass is 32.2. The van der Waals surface area contributed by atoms with E-state index in [-0.39, 0.29) is 17.2 Å². The molecule has 0 spiro atoms. The summed E-state index contributed by atoms with van der Waals surface area (Å²) in [4.78, 5) is 14.6. The van der Waals surface area contributed by atoms with Crippen molar-refractivity contribution in [2.24, 2.45) is 18.4 Å². The van der Waals surface area contributed by atoms with Crippen molar-refractivity contribution in [1.29, 1.82) is 0 Å². The summed E-state index contributed by atoms with van der Waals surface area (Å²) in [5.41, 5.74) is 1.16. The number of rotatable bonds is 4. The van der Waals surface area contributed by atoms with Crippen molar-refractivity contribution in [2.45, 2.75) is 13.3 Å². The van der Waals surface area contributed by atoms with Crippen molar-refractivity contribution in [2.75, 3.05) is 46.2 Å². The van der Waals surface area contributed by atoms with E-state index in [2.05, 4.69) is 5.10 Å². The second kappa shape index (κ2) is 6.37. The van der Waals surface area contributed by atoms with Crippen LogP contribution < -0.4 is 0 Å². The fourth-order valence-electron chi connectivity index (χ4n) is 4.02. The molecule has 2 atom stereocenters. The van der Waals surface area contributed by atoms with Gasteiger partial charge in [-0.15, -0.1) is 0 Å². The van der Waals surface area contributed by atoms with E-state index in [1.807, 2.05) is 14.0 Å². The number of aromatic nitrogens is 2. The predicted molar refractivity (Wildman–Crippen MR) is 92.7 cm³/mol. The molecule has 2 aliphatic rings. The second-order valence-electron chi connectivity index (χ2n) is 7.34. The maximum Gasteiger partial charge on any atom is 0.274 e. The van der Waals surface area contributed by atoms with E-state index in [1.54, 1.807) is 22.8 Å².